The summed E-state index contributed by atoms with van der Waals surface area (Å²) in [4.78, 5) is 17.5. The van der Waals surface area contributed by atoms with Crippen molar-refractivity contribution in [3.63, 3.8) is 0 Å². The van der Waals surface area contributed by atoms with Crippen LogP contribution in [0.25, 0.3) is 22.6 Å². The van der Waals surface area contributed by atoms with Crippen molar-refractivity contribution in [2.24, 2.45) is 0 Å². The molecule has 2 aromatic carbocycles. The van der Waals surface area contributed by atoms with E-state index in [0.29, 0.717) is 46.4 Å². The summed E-state index contributed by atoms with van der Waals surface area (Å²) in [6.07, 6.45) is 2.77. The summed E-state index contributed by atoms with van der Waals surface area (Å²) in [6.45, 7) is 3.09. The van der Waals surface area contributed by atoms with Crippen molar-refractivity contribution < 1.29 is 9.47 Å². The SMILES string of the molecule is CCOc1c(Br)cc(/C=C2\CCn3c2nc2cc(Cl)ccc2c3=O)cc1OC. The molecule has 0 fully saturated rings. The third-order valence-electron chi connectivity index (χ3n) is 4.69. The molecule has 0 unspecified atom stereocenters. The van der Waals surface area contributed by atoms with Crippen LogP contribution in [0.4, 0.5) is 0 Å². The van der Waals surface area contributed by atoms with Gasteiger partial charge in [0.15, 0.2) is 11.5 Å². The van der Waals surface area contributed by atoms with Gasteiger partial charge in [-0.2, -0.15) is 0 Å². The number of hydrogen-bond donors (Lipinski definition) is 0. The van der Waals surface area contributed by atoms with Crippen molar-refractivity contribution in [1.29, 1.82) is 0 Å². The van der Waals surface area contributed by atoms with E-state index in [0.717, 1.165) is 22.0 Å². The van der Waals surface area contributed by atoms with Crippen LogP contribution in [0.15, 0.2) is 39.6 Å². The summed E-state index contributed by atoms with van der Waals surface area (Å²) in [6, 6.07) is 9.07. The van der Waals surface area contributed by atoms with Crippen molar-refractivity contribution in [3.05, 3.63) is 61.6 Å². The molecule has 0 amide bonds. The van der Waals surface area contributed by atoms with Crippen LogP contribution in [0.5, 0.6) is 11.5 Å². The highest BCUT2D eigenvalue weighted by molar-refractivity contribution is 9.10. The number of methoxy groups -OCH3 is 1. The van der Waals surface area contributed by atoms with E-state index in [-0.39, 0.29) is 5.56 Å². The number of ether oxygens (including phenoxy) is 2. The van der Waals surface area contributed by atoms with Gasteiger partial charge >= 0.3 is 0 Å². The second-order valence-electron chi connectivity index (χ2n) is 6.44. The van der Waals surface area contributed by atoms with Crippen molar-refractivity contribution >= 4 is 50.1 Å². The molecular formula is C21H18BrClN2O3. The molecule has 0 saturated carbocycles. The van der Waals surface area contributed by atoms with Crippen molar-refractivity contribution in [1.82, 2.24) is 9.55 Å². The number of benzene rings is 2. The maximum atomic E-state index is 12.8. The predicted molar refractivity (Wildman–Crippen MR) is 115 cm³/mol. The Labute approximate surface area is 175 Å². The topological polar surface area (TPSA) is 53.4 Å². The van der Waals surface area contributed by atoms with Crippen molar-refractivity contribution in [2.45, 2.75) is 19.9 Å². The third kappa shape index (κ3) is 3.31. The van der Waals surface area contributed by atoms with Crippen LogP contribution in [0, 0.1) is 0 Å². The number of fused-ring (bicyclic) bond motifs is 2. The Balaban J connectivity index is 1.83. The molecule has 1 aliphatic heterocycles. The van der Waals surface area contributed by atoms with Gasteiger partial charge in [-0.25, -0.2) is 4.98 Å². The molecule has 1 aromatic heterocycles. The zero-order valence-electron chi connectivity index (χ0n) is 15.5. The Morgan fingerprint density at radius 3 is 2.89 bits per heavy atom. The Morgan fingerprint density at radius 1 is 1.32 bits per heavy atom. The predicted octanol–water partition coefficient (Wildman–Crippen LogP) is 5.16. The lowest BCUT2D eigenvalue weighted by atomic mass is 10.1. The summed E-state index contributed by atoms with van der Waals surface area (Å²) in [5, 5.41) is 1.15. The van der Waals surface area contributed by atoms with E-state index < -0.39 is 0 Å². The Morgan fingerprint density at radius 2 is 2.14 bits per heavy atom. The molecule has 5 nitrogen and oxygen atoms in total. The quantitative estimate of drug-likeness (QED) is 0.538. The van der Waals surface area contributed by atoms with Crippen LogP contribution in [0.1, 0.15) is 24.7 Å². The molecule has 2 heterocycles. The summed E-state index contributed by atoms with van der Waals surface area (Å²) in [5.41, 5.74) is 2.51. The maximum absolute atomic E-state index is 12.8. The average molecular weight is 462 g/mol. The molecule has 1 aliphatic rings. The first-order valence-electron chi connectivity index (χ1n) is 8.93. The zero-order valence-corrected chi connectivity index (χ0v) is 17.8. The molecule has 28 heavy (non-hydrogen) atoms. The fourth-order valence-electron chi connectivity index (χ4n) is 3.44. The maximum Gasteiger partial charge on any atom is 0.261 e. The third-order valence-corrected chi connectivity index (χ3v) is 5.51. The number of aromatic nitrogens is 2. The number of allylic oxidation sites excluding steroid dienone is 1. The number of hydrogen-bond acceptors (Lipinski definition) is 4. The molecule has 0 saturated heterocycles. The van der Waals surface area contributed by atoms with Gasteiger partial charge < -0.3 is 9.47 Å². The minimum Gasteiger partial charge on any atom is -0.493 e. The molecule has 0 aliphatic carbocycles. The molecule has 4 rings (SSSR count). The summed E-state index contributed by atoms with van der Waals surface area (Å²) in [5.74, 6) is 2.01. The van der Waals surface area contributed by atoms with E-state index in [1.165, 1.54) is 0 Å². The monoisotopic (exact) mass is 460 g/mol. The molecule has 7 heteroatoms. The lowest BCUT2D eigenvalue weighted by Gasteiger charge is -2.12. The Bertz CT molecular complexity index is 1170. The van der Waals surface area contributed by atoms with Crippen LogP contribution >= 0.6 is 27.5 Å². The van der Waals surface area contributed by atoms with Gasteiger partial charge in [-0.15, -0.1) is 0 Å². The van der Waals surface area contributed by atoms with Gasteiger partial charge in [-0.3, -0.25) is 9.36 Å². The highest BCUT2D eigenvalue weighted by Crippen LogP contribution is 2.38. The molecule has 0 atom stereocenters. The number of rotatable bonds is 4. The van der Waals surface area contributed by atoms with Crippen LogP contribution in [-0.2, 0) is 6.54 Å². The molecule has 0 bridgehead atoms. The Hall–Kier alpha value is -2.31. The van der Waals surface area contributed by atoms with E-state index >= 15 is 0 Å². The van der Waals surface area contributed by atoms with E-state index in [2.05, 4.69) is 15.9 Å². The number of halogens is 2. The molecule has 0 radical (unpaired) electrons. The normalized spacial score (nSPS) is 14.5. The van der Waals surface area contributed by atoms with Crippen LogP contribution < -0.4 is 15.0 Å². The molecular weight excluding hydrogens is 444 g/mol. The van der Waals surface area contributed by atoms with Gasteiger partial charge in [0.05, 0.1) is 29.1 Å². The summed E-state index contributed by atoms with van der Waals surface area (Å²) in [7, 11) is 1.61. The van der Waals surface area contributed by atoms with Crippen molar-refractivity contribution in [3.8, 4) is 11.5 Å². The highest BCUT2D eigenvalue weighted by atomic mass is 79.9. The molecule has 144 valence electrons. The van der Waals surface area contributed by atoms with Gasteiger partial charge in [-0.1, -0.05) is 11.6 Å². The molecule has 0 N–H and O–H groups in total. The highest BCUT2D eigenvalue weighted by Gasteiger charge is 2.21. The van der Waals surface area contributed by atoms with Gasteiger partial charge in [-0.05, 0) is 76.8 Å². The first-order valence-corrected chi connectivity index (χ1v) is 10.1. The van der Waals surface area contributed by atoms with Crippen molar-refractivity contribution in [2.75, 3.05) is 13.7 Å². The van der Waals surface area contributed by atoms with E-state index in [1.807, 2.05) is 25.1 Å². The minimum atomic E-state index is -0.0366. The van der Waals surface area contributed by atoms with E-state index in [4.69, 9.17) is 26.1 Å². The standard InChI is InChI=1S/C21H18BrClN2O3/c1-3-28-19-16(22)9-12(10-18(19)27-2)8-13-6-7-25-20(13)24-17-11-14(23)4-5-15(17)21(25)26/h4-5,8-11H,3,6-7H2,1-2H3/b13-8+. The Kier molecular flexibility index (Phi) is 5.17. The lowest BCUT2D eigenvalue weighted by Crippen LogP contribution is -2.20. The van der Waals surface area contributed by atoms with E-state index in [9.17, 15) is 4.79 Å². The van der Waals surface area contributed by atoms with Crippen LogP contribution in [0.3, 0.4) is 0 Å². The molecule has 0 spiro atoms. The largest absolute Gasteiger partial charge is 0.493 e. The van der Waals surface area contributed by atoms with Crippen LogP contribution in [0.2, 0.25) is 5.02 Å². The fourth-order valence-corrected chi connectivity index (χ4v) is 4.18. The van der Waals surface area contributed by atoms with Crippen LogP contribution in [-0.4, -0.2) is 23.3 Å². The number of nitrogens with zero attached hydrogens (tertiary/aromatic N) is 2. The first kappa shape index (κ1) is 19.0. The second-order valence-corrected chi connectivity index (χ2v) is 7.73. The van der Waals surface area contributed by atoms with Gasteiger partial charge in [0.2, 0.25) is 0 Å². The average Bonchev–Trinajstić information content (AvgIpc) is 3.06. The summed E-state index contributed by atoms with van der Waals surface area (Å²) >= 11 is 9.64. The zero-order chi connectivity index (χ0) is 19.8. The van der Waals surface area contributed by atoms with Gasteiger partial charge in [0.1, 0.15) is 5.82 Å². The molecule has 3 aromatic rings. The minimum absolute atomic E-state index is 0.0366. The van der Waals surface area contributed by atoms with E-state index in [1.54, 1.807) is 29.9 Å². The first-order chi connectivity index (χ1) is 13.5. The summed E-state index contributed by atoms with van der Waals surface area (Å²) < 4.78 is 13.7. The van der Waals surface area contributed by atoms with Gasteiger partial charge in [0.25, 0.3) is 5.56 Å². The second kappa shape index (κ2) is 7.60. The van der Waals surface area contributed by atoms with Gasteiger partial charge in [0, 0.05) is 11.6 Å². The fraction of sp³-hybridized carbons (Fsp3) is 0.238. The smallest absolute Gasteiger partial charge is 0.261 e. The lowest BCUT2D eigenvalue weighted by molar-refractivity contribution is 0.309.